The van der Waals surface area contributed by atoms with Gasteiger partial charge < -0.3 is 16.2 Å². The van der Waals surface area contributed by atoms with Crippen LogP contribution in [0, 0.1) is 52.3 Å². The summed E-state index contributed by atoms with van der Waals surface area (Å²) in [7, 11) is 0. The van der Waals surface area contributed by atoms with E-state index >= 15 is 0 Å². The standard InChI is InChI=1S/C37H56N2O2/c1-22(2)10-8-9-11-23(3)28-12-13-30-29-14-15-32-36(5,6)33(41-35(40)25-19-26(38)21-27(39)20-25)16-17-37(32,7)31(29)18-24(4)34(28)30/h10,15,19-21,23-24,28-31,33-34H,8-9,11-14,16-18,38-39H2,1-7H3. The Hall–Kier alpha value is -2.23. The van der Waals surface area contributed by atoms with Crippen LogP contribution in [0.1, 0.15) is 117 Å². The smallest absolute Gasteiger partial charge is 0.338 e. The number of hydrogen-bond acceptors (Lipinski definition) is 4. The van der Waals surface area contributed by atoms with Crippen molar-refractivity contribution in [3.05, 3.63) is 47.1 Å². The lowest BCUT2D eigenvalue weighted by Crippen LogP contribution is -2.54. The van der Waals surface area contributed by atoms with Crippen LogP contribution < -0.4 is 11.5 Å². The summed E-state index contributed by atoms with van der Waals surface area (Å²) in [4.78, 5) is 13.2. The van der Waals surface area contributed by atoms with Crippen molar-refractivity contribution in [1.29, 1.82) is 0 Å². The molecule has 226 valence electrons. The van der Waals surface area contributed by atoms with E-state index in [1.807, 2.05) is 0 Å². The molecular formula is C37H56N2O2. The number of ether oxygens (including phenoxy) is 1. The van der Waals surface area contributed by atoms with Crippen LogP contribution in [0.25, 0.3) is 0 Å². The number of carbonyl (C=O) groups excluding carboxylic acids is 1. The third kappa shape index (κ3) is 5.62. The highest BCUT2D eigenvalue weighted by Crippen LogP contribution is 2.67. The van der Waals surface area contributed by atoms with Crippen molar-refractivity contribution in [2.75, 3.05) is 11.5 Å². The third-order valence-corrected chi connectivity index (χ3v) is 12.2. The van der Waals surface area contributed by atoms with Crippen LogP contribution in [0.5, 0.6) is 0 Å². The van der Waals surface area contributed by atoms with Gasteiger partial charge in [-0.05, 0) is 130 Å². The molecule has 4 aliphatic rings. The molecule has 3 saturated carbocycles. The lowest BCUT2D eigenvalue weighted by molar-refractivity contribution is -0.0748. The van der Waals surface area contributed by atoms with Crippen LogP contribution in [-0.2, 0) is 4.74 Å². The molecule has 4 heteroatoms. The van der Waals surface area contributed by atoms with Crippen LogP contribution >= 0.6 is 0 Å². The van der Waals surface area contributed by atoms with E-state index in [4.69, 9.17) is 16.2 Å². The molecule has 9 atom stereocenters. The van der Waals surface area contributed by atoms with Gasteiger partial charge in [-0.1, -0.05) is 64.3 Å². The summed E-state index contributed by atoms with van der Waals surface area (Å²) in [5.74, 6) is 5.50. The third-order valence-electron chi connectivity index (χ3n) is 12.2. The molecule has 0 saturated heterocycles. The van der Waals surface area contributed by atoms with Gasteiger partial charge in [0.2, 0.25) is 0 Å². The molecule has 4 aliphatic carbocycles. The zero-order valence-electron chi connectivity index (χ0n) is 26.8. The molecule has 0 spiro atoms. The monoisotopic (exact) mass is 560 g/mol. The number of carbonyl (C=O) groups is 1. The molecule has 0 bridgehead atoms. The zero-order chi connectivity index (χ0) is 29.7. The molecule has 1 aromatic rings. The van der Waals surface area contributed by atoms with Gasteiger partial charge in [-0.3, -0.25) is 0 Å². The molecule has 4 N–H and O–H groups in total. The van der Waals surface area contributed by atoms with Gasteiger partial charge in [-0.25, -0.2) is 4.79 Å². The van der Waals surface area contributed by atoms with Gasteiger partial charge in [0.1, 0.15) is 6.10 Å². The molecule has 0 aromatic heterocycles. The fourth-order valence-electron chi connectivity index (χ4n) is 10.4. The maximum absolute atomic E-state index is 13.2. The van der Waals surface area contributed by atoms with E-state index in [0.717, 1.165) is 54.3 Å². The predicted molar refractivity (Wildman–Crippen MR) is 171 cm³/mol. The van der Waals surface area contributed by atoms with Crippen LogP contribution in [0.15, 0.2) is 41.5 Å². The predicted octanol–water partition coefficient (Wildman–Crippen LogP) is 9.22. The fraction of sp³-hybridized carbons (Fsp3) is 0.703. The number of fused-ring (bicyclic) bond motifs is 5. The Kier molecular flexibility index (Phi) is 8.45. The van der Waals surface area contributed by atoms with Crippen molar-refractivity contribution in [1.82, 2.24) is 0 Å². The first kappa shape index (κ1) is 30.2. The molecule has 4 nitrogen and oxygen atoms in total. The highest BCUT2D eigenvalue weighted by molar-refractivity contribution is 5.92. The van der Waals surface area contributed by atoms with Crippen molar-refractivity contribution in [2.24, 2.45) is 52.3 Å². The van der Waals surface area contributed by atoms with Crippen LogP contribution in [0.3, 0.4) is 0 Å². The Morgan fingerprint density at radius 2 is 1.78 bits per heavy atom. The Labute approximate surface area is 249 Å². The van der Waals surface area contributed by atoms with Crippen molar-refractivity contribution >= 4 is 17.3 Å². The van der Waals surface area contributed by atoms with Crippen LogP contribution in [-0.4, -0.2) is 12.1 Å². The van der Waals surface area contributed by atoms with Gasteiger partial charge in [0.05, 0.1) is 5.56 Å². The summed E-state index contributed by atoms with van der Waals surface area (Å²) in [6.07, 6.45) is 16.2. The van der Waals surface area contributed by atoms with Crippen LogP contribution in [0.2, 0.25) is 0 Å². The molecule has 1 aromatic carbocycles. The average Bonchev–Trinajstić information content (AvgIpc) is 3.34. The molecule has 5 rings (SSSR count). The molecule has 0 radical (unpaired) electrons. The van der Waals surface area contributed by atoms with Gasteiger partial charge in [-0.15, -0.1) is 0 Å². The Balaban J connectivity index is 1.31. The maximum atomic E-state index is 13.2. The first-order chi connectivity index (χ1) is 19.3. The molecule has 41 heavy (non-hydrogen) atoms. The Morgan fingerprint density at radius 3 is 2.46 bits per heavy atom. The fourth-order valence-corrected chi connectivity index (χ4v) is 10.4. The second-order valence-electron chi connectivity index (χ2n) is 15.5. The van der Waals surface area contributed by atoms with Gasteiger partial charge >= 0.3 is 5.97 Å². The lowest BCUT2D eigenvalue weighted by Gasteiger charge is -2.60. The number of unbranched alkanes of at least 4 members (excludes halogenated alkanes) is 1. The van der Waals surface area contributed by atoms with E-state index in [1.165, 1.54) is 56.1 Å². The number of allylic oxidation sites excluding steroid dienone is 3. The summed E-state index contributed by atoms with van der Waals surface area (Å²) in [6, 6.07) is 5.01. The van der Waals surface area contributed by atoms with E-state index in [-0.39, 0.29) is 22.9 Å². The Morgan fingerprint density at radius 1 is 1.07 bits per heavy atom. The first-order valence-corrected chi connectivity index (χ1v) is 16.5. The SMILES string of the molecule is CC(C)=CCCCC(C)C1CCC2C3CC=C4C(C)(C)C(OC(=O)c5cc(N)cc(N)c5)CCC4(C)C3CC(C)C12. The van der Waals surface area contributed by atoms with E-state index < -0.39 is 0 Å². The van der Waals surface area contributed by atoms with E-state index in [0.29, 0.717) is 16.9 Å². The van der Waals surface area contributed by atoms with Crippen molar-refractivity contribution < 1.29 is 9.53 Å². The number of nitrogens with two attached hydrogens (primary N) is 2. The summed E-state index contributed by atoms with van der Waals surface area (Å²) >= 11 is 0. The molecule has 0 amide bonds. The molecular weight excluding hydrogens is 504 g/mol. The molecule has 0 aliphatic heterocycles. The number of nitrogen functional groups attached to an aromatic ring is 2. The zero-order valence-corrected chi connectivity index (χ0v) is 26.8. The van der Waals surface area contributed by atoms with Crippen molar-refractivity contribution in [3.63, 3.8) is 0 Å². The summed E-state index contributed by atoms with van der Waals surface area (Å²) in [6.45, 7) is 16.7. The van der Waals surface area contributed by atoms with Crippen molar-refractivity contribution in [3.8, 4) is 0 Å². The minimum absolute atomic E-state index is 0.148. The van der Waals surface area contributed by atoms with Gasteiger partial charge in [0.15, 0.2) is 0 Å². The maximum Gasteiger partial charge on any atom is 0.338 e. The number of rotatable bonds is 7. The van der Waals surface area contributed by atoms with Gasteiger partial charge in [0.25, 0.3) is 0 Å². The second kappa shape index (κ2) is 11.5. The summed E-state index contributed by atoms with van der Waals surface area (Å²) in [5, 5.41) is 0. The Bertz CT molecular complexity index is 1170. The van der Waals surface area contributed by atoms with Crippen molar-refractivity contribution in [2.45, 2.75) is 112 Å². The molecule has 0 heterocycles. The second-order valence-corrected chi connectivity index (χ2v) is 15.5. The lowest BCUT2D eigenvalue weighted by atomic mass is 9.45. The first-order valence-electron chi connectivity index (χ1n) is 16.5. The van der Waals surface area contributed by atoms with Gasteiger partial charge in [-0.2, -0.15) is 0 Å². The highest BCUT2D eigenvalue weighted by atomic mass is 16.5. The number of benzene rings is 1. The molecule has 3 fully saturated rings. The highest BCUT2D eigenvalue weighted by Gasteiger charge is 2.60. The summed E-state index contributed by atoms with van der Waals surface area (Å²) < 4.78 is 6.22. The van der Waals surface area contributed by atoms with Crippen LogP contribution in [0.4, 0.5) is 11.4 Å². The average molecular weight is 561 g/mol. The normalized spacial score (nSPS) is 36.3. The molecule has 9 unspecified atom stereocenters. The summed E-state index contributed by atoms with van der Waals surface area (Å²) in [5.41, 5.74) is 16.3. The minimum Gasteiger partial charge on any atom is -0.458 e. The topological polar surface area (TPSA) is 78.3 Å². The van der Waals surface area contributed by atoms with E-state index in [2.05, 4.69) is 60.6 Å². The van der Waals surface area contributed by atoms with Gasteiger partial charge in [0, 0.05) is 16.8 Å². The van der Waals surface area contributed by atoms with E-state index in [1.54, 1.807) is 18.2 Å². The van der Waals surface area contributed by atoms with E-state index in [9.17, 15) is 4.79 Å². The number of esters is 1. The quantitative estimate of drug-likeness (QED) is 0.151. The largest absolute Gasteiger partial charge is 0.458 e. The number of hydrogen-bond donors (Lipinski definition) is 2. The number of anilines is 2. The minimum atomic E-state index is -0.318.